The van der Waals surface area contributed by atoms with Crippen LogP contribution in [-0.2, 0) is 11.2 Å². The third-order valence-corrected chi connectivity index (χ3v) is 4.37. The van der Waals surface area contributed by atoms with E-state index in [-0.39, 0.29) is 5.91 Å². The summed E-state index contributed by atoms with van der Waals surface area (Å²) in [7, 11) is 0. The summed E-state index contributed by atoms with van der Waals surface area (Å²) in [6.07, 6.45) is 5.79. The van der Waals surface area contributed by atoms with Gasteiger partial charge in [-0.25, -0.2) is 0 Å². The average molecular weight is 349 g/mol. The van der Waals surface area contributed by atoms with Crippen molar-refractivity contribution in [3.63, 3.8) is 0 Å². The number of pyridine rings is 1. The van der Waals surface area contributed by atoms with Gasteiger partial charge in [0.1, 0.15) is 23.3 Å². The smallest absolute Gasteiger partial charge is 0.246 e. The van der Waals surface area contributed by atoms with E-state index < -0.39 is 6.04 Å². The largest absolute Gasteiger partial charge is 0.469 e. The van der Waals surface area contributed by atoms with Crippen LogP contribution in [0.25, 0.3) is 0 Å². The van der Waals surface area contributed by atoms with E-state index in [9.17, 15) is 4.79 Å². The molecule has 1 atom stereocenters. The maximum atomic E-state index is 12.7. The second-order valence-corrected chi connectivity index (χ2v) is 6.19. The number of hydrogen-bond donors (Lipinski definition) is 2. The van der Waals surface area contributed by atoms with Crippen LogP contribution in [0.1, 0.15) is 22.9 Å². The Morgan fingerprint density at radius 2 is 2.12 bits per heavy atom. The molecule has 0 saturated carbocycles. The van der Waals surface area contributed by atoms with Crippen molar-refractivity contribution in [3.8, 4) is 11.5 Å². The first-order valence-corrected chi connectivity index (χ1v) is 8.50. The fourth-order valence-corrected chi connectivity index (χ4v) is 3.07. The number of anilines is 1. The molecule has 1 aliphatic heterocycles. The highest BCUT2D eigenvalue weighted by Crippen LogP contribution is 2.28. The van der Waals surface area contributed by atoms with Crippen molar-refractivity contribution < 1.29 is 13.9 Å². The fraction of sp³-hybridized carbons (Fsp3) is 0.200. The number of benzene rings is 1. The Labute approximate surface area is 151 Å². The molecule has 1 aliphatic rings. The lowest BCUT2D eigenvalue weighted by molar-refractivity contribution is -0.118. The number of aromatic nitrogens is 1. The molecule has 1 aromatic carbocycles. The predicted molar refractivity (Wildman–Crippen MR) is 97.3 cm³/mol. The molecule has 0 spiro atoms. The predicted octanol–water partition coefficient (Wildman–Crippen LogP) is 3.60. The lowest BCUT2D eigenvalue weighted by Crippen LogP contribution is -2.37. The van der Waals surface area contributed by atoms with Crippen molar-refractivity contribution in [1.29, 1.82) is 0 Å². The maximum absolute atomic E-state index is 12.7. The Kier molecular flexibility index (Phi) is 4.41. The molecule has 0 fully saturated rings. The van der Waals surface area contributed by atoms with Gasteiger partial charge in [-0.1, -0.05) is 0 Å². The van der Waals surface area contributed by atoms with Gasteiger partial charge in [0.25, 0.3) is 0 Å². The Balaban J connectivity index is 1.48. The summed E-state index contributed by atoms with van der Waals surface area (Å²) in [5.74, 6) is 2.23. The number of aryl methyl sites for hydroxylation is 1. The van der Waals surface area contributed by atoms with Crippen LogP contribution in [0.3, 0.4) is 0 Å². The molecule has 1 unspecified atom stereocenters. The van der Waals surface area contributed by atoms with E-state index in [0.29, 0.717) is 0 Å². The van der Waals surface area contributed by atoms with Gasteiger partial charge in [0.05, 0.1) is 6.26 Å². The van der Waals surface area contributed by atoms with E-state index in [1.807, 2.05) is 31.2 Å². The molecule has 6 heteroatoms. The van der Waals surface area contributed by atoms with E-state index in [1.165, 1.54) is 0 Å². The summed E-state index contributed by atoms with van der Waals surface area (Å²) >= 11 is 0. The van der Waals surface area contributed by atoms with E-state index >= 15 is 0 Å². The number of nitrogens with one attached hydrogen (secondary N) is 2. The van der Waals surface area contributed by atoms with Crippen LogP contribution in [0.2, 0.25) is 0 Å². The van der Waals surface area contributed by atoms with Crippen molar-refractivity contribution in [2.45, 2.75) is 19.4 Å². The van der Waals surface area contributed by atoms with Crippen LogP contribution in [0, 0.1) is 6.92 Å². The number of nitrogens with zero attached hydrogens (tertiary/aromatic N) is 1. The molecule has 0 bridgehead atoms. The Hall–Kier alpha value is -3.12. The second-order valence-electron chi connectivity index (χ2n) is 6.19. The van der Waals surface area contributed by atoms with Crippen LogP contribution in [0.15, 0.2) is 59.5 Å². The molecule has 6 nitrogen and oxygen atoms in total. The molecule has 0 radical (unpaired) electrons. The minimum Gasteiger partial charge on any atom is -0.469 e. The van der Waals surface area contributed by atoms with Crippen molar-refractivity contribution >= 4 is 11.6 Å². The minimum atomic E-state index is -0.398. The third kappa shape index (κ3) is 3.32. The van der Waals surface area contributed by atoms with Crippen LogP contribution in [0.4, 0.5) is 5.69 Å². The number of furan rings is 1. The molecule has 0 aliphatic carbocycles. The second kappa shape index (κ2) is 7.01. The molecule has 26 heavy (non-hydrogen) atoms. The van der Waals surface area contributed by atoms with Crippen molar-refractivity contribution in [3.05, 3.63) is 71.9 Å². The highest BCUT2D eigenvalue weighted by atomic mass is 16.5. The molecular weight excluding hydrogens is 330 g/mol. The Morgan fingerprint density at radius 3 is 2.92 bits per heavy atom. The monoisotopic (exact) mass is 349 g/mol. The quantitative estimate of drug-likeness (QED) is 0.753. The van der Waals surface area contributed by atoms with Crippen LogP contribution < -0.4 is 15.4 Å². The highest BCUT2D eigenvalue weighted by molar-refractivity contribution is 5.96. The summed E-state index contributed by atoms with van der Waals surface area (Å²) < 4.78 is 11.3. The number of hydrogen-bond acceptors (Lipinski definition) is 5. The molecule has 132 valence electrons. The fourth-order valence-electron chi connectivity index (χ4n) is 3.07. The van der Waals surface area contributed by atoms with Crippen LogP contribution in [-0.4, -0.2) is 17.4 Å². The molecule has 0 saturated heterocycles. The van der Waals surface area contributed by atoms with E-state index in [0.717, 1.165) is 47.0 Å². The third-order valence-electron chi connectivity index (χ3n) is 4.37. The van der Waals surface area contributed by atoms with Crippen molar-refractivity contribution in [1.82, 2.24) is 10.3 Å². The maximum Gasteiger partial charge on any atom is 0.246 e. The van der Waals surface area contributed by atoms with Gasteiger partial charge in [0.2, 0.25) is 5.91 Å². The van der Waals surface area contributed by atoms with Crippen LogP contribution in [0.5, 0.6) is 11.5 Å². The standard InChI is InChI=1S/C20H19N3O3/c1-13-12-14(2-3-17(13)26-15-4-8-21-9-5-15)23-20(24)19-16-7-11-25-18(16)6-10-22-19/h2-5,7-9,11-12,19,22H,6,10H2,1H3,(H,23,24). The zero-order chi connectivity index (χ0) is 17.9. The highest BCUT2D eigenvalue weighted by Gasteiger charge is 2.28. The zero-order valence-electron chi connectivity index (χ0n) is 14.4. The first kappa shape index (κ1) is 16.4. The Morgan fingerprint density at radius 1 is 1.27 bits per heavy atom. The number of ether oxygens (including phenoxy) is 1. The number of rotatable bonds is 4. The average Bonchev–Trinajstić information content (AvgIpc) is 3.13. The van der Waals surface area contributed by atoms with Gasteiger partial charge in [-0.2, -0.15) is 0 Å². The number of carbonyl (C=O) groups excluding carboxylic acids is 1. The molecule has 1 amide bonds. The van der Waals surface area contributed by atoms with Crippen LogP contribution >= 0.6 is 0 Å². The van der Waals surface area contributed by atoms with E-state index in [2.05, 4.69) is 15.6 Å². The lowest BCUT2D eigenvalue weighted by Gasteiger charge is -2.22. The Bertz CT molecular complexity index is 921. The first-order valence-electron chi connectivity index (χ1n) is 8.50. The molecule has 3 heterocycles. The molecule has 2 aromatic heterocycles. The molecule has 4 rings (SSSR count). The summed E-state index contributed by atoms with van der Waals surface area (Å²) in [4.78, 5) is 16.6. The number of fused-ring (bicyclic) bond motifs is 1. The van der Waals surface area contributed by atoms with E-state index in [1.54, 1.807) is 30.8 Å². The molecule has 2 N–H and O–H groups in total. The summed E-state index contributed by atoms with van der Waals surface area (Å²) in [5, 5.41) is 6.20. The van der Waals surface area contributed by atoms with Crippen molar-refractivity contribution in [2.24, 2.45) is 0 Å². The summed E-state index contributed by atoms with van der Waals surface area (Å²) in [6.45, 7) is 2.66. The normalized spacial score (nSPS) is 16.0. The minimum absolute atomic E-state index is 0.102. The SMILES string of the molecule is Cc1cc(NC(=O)C2NCCc3occc32)ccc1Oc1ccncc1. The van der Waals surface area contributed by atoms with Gasteiger partial charge in [-0.15, -0.1) is 0 Å². The van der Waals surface area contributed by atoms with Crippen molar-refractivity contribution in [2.75, 3.05) is 11.9 Å². The van der Waals surface area contributed by atoms with Gasteiger partial charge < -0.3 is 19.8 Å². The van der Waals surface area contributed by atoms with Gasteiger partial charge in [0, 0.05) is 36.6 Å². The topological polar surface area (TPSA) is 76.4 Å². The molecule has 3 aromatic rings. The first-order chi connectivity index (χ1) is 12.7. The summed E-state index contributed by atoms with van der Waals surface area (Å²) in [5.41, 5.74) is 2.57. The van der Waals surface area contributed by atoms with Gasteiger partial charge >= 0.3 is 0 Å². The lowest BCUT2D eigenvalue weighted by atomic mass is 10.0. The molecular formula is C20H19N3O3. The zero-order valence-corrected chi connectivity index (χ0v) is 14.4. The van der Waals surface area contributed by atoms with Gasteiger partial charge in [-0.05, 0) is 48.9 Å². The summed E-state index contributed by atoms with van der Waals surface area (Å²) in [6, 6.07) is 10.6. The number of amides is 1. The number of carbonyl (C=O) groups is 1. The van der Waals surface area contributed by atoms with Gasteiger partial charge in [-0.3, -0.25) is 9.78 Å². The van der Waals surface area contributed by atoms with E-state index in [4.69, 9.17) is 9.15 Å². The van der Waals surface area contributed by atoms with Gasteiger partial charge in [0.15, 0.2) is 0 Å².